The lowest BCUT2D eigenvalue weighted by atomic mass is 9.83. The van der Waals surface area contributed by atoms with E-state index in [2.05, 4.69) is 0 Å². The van der Waals surface area contributed by atoms with Crippen LogP contribution >= 0.6 is 0 Å². The minimum absolute atomic E-state index is 0.00782. The van der Waals surface area contributed by atoms with E-state index in [0.29, 0.717) is 19.4 Å². The number of aliphatic hydroxyl groups is 1. The normalized spacial score (nSPS) is 20.0. The van der Waals surface area contributed by atoms with Gasteiger partial charge in [-0.2, -0.15) is 0 Å². The van der Waals surface area contributed by atoms with Crippen LogP contribution in [0.1, 0.15) is 62.7 Å². The number of benzene rings is 1. The van der Waals surface area contributed by atoms with Crippen LogP contribution in [0.2, 0.25) is 0 Å². The van der Waals surface area contributed by atoms with Crippen LogP contribution in [-0.4, -0.2) is 17.3 Å². The number of hydrogen-bond acceptors (Lipinski definition) is 2. The van der Waals surface area contributed by atoms with E-state index in [-0.39, 0.29) is 11.1 Å². The SMILES string of the molecule is CCOC1(C(O)c2ccc(C)c(F)c2F)CCCCCC1. The van der Waals surface area contributed by atoms with E-state index in [0.717, 1.165) is 25.7 Å². The van der Waals surface area contributed by atoms with Crippen LogP contribution in [0.5, 0.6) is 0 Å². The largest absolute Gasteiger partial charge is 0.385 e. The molecule has 118 valence electrons. The maximum Gasteiger partial charge on any atom is 0.164 e. The average Bonchev–Trinajstić information content (AvgIpc) is 2.71. The van der Waals surface area contributed by atoms with Crippen molar-refractivity contribution in [2.24, 2.45) is 0 Å². The fourth-order valence-corrected chi connectivity index (χ4v) is 3.27. The molecule has 1 saturated carbocycles. The van der Waals surface area contributed by atoms with E-state index in [4.69, 9.17) is 4.74 Å². The fraction of sp³-hybridized carbons (Fsp3) is 0.647. The first-order chi connectivity index (χ1) is 10.0. The van der Waals surface area contributed by atoms with Gasteiger partial charge in [-0.25, -0.2) is 8.78 Å². The number of hydrogen-bond donors (Lipinski definition) is 1. The Morgan fingerprint density at radius 1 is 1.14 bits per heavy atom. The van der Waals surface area contributed by atoms with Crippen molar-refractivity contribution >= 4 is 0 Å². The Balaban J connectivity index is 2.38. The molecule has 2 rings (SSSR count). The highest BCUT2D eigenvalue weighted by atomic mass is 19.2. The van der Waals surface area contributed by atoms with Gasteiger partial charge in [0, 0.05) is 12.2 Å². The topological polar surface area (TPSA) is 29.5 Å². The summed E-state index contributed by atoms with van der Waals surface area (Å²) in [7, 11) is 0. The lowest BCUT2D eigenvalue weighted by Gasteiger charge is -2.37. The molecular formula is C17H24F2O2. The second-order valence-electron chi connectivity index (χ2n) is 5.91. The lowest BCUT2D eigenvalue weighted by Crippen LogP contribution is -2.39. The number of ether oxygens (including phenoxy) is 1. The van der Waals surface area contributed by atoms with Crippen molar-refractivity contribution < 1.29 is 18.6 Å². The fourth-order valence-electron chi connectivity index (χ4n) is 3.27. The van der Waals surface area contributed by atoms with Crippen molar-refractivity contribution in [1.82, 2.24) is 0 Å². The highest BCUT2D eigenvalue weighted by Gasteiger charge is 2.41. The summed E-state index contributed by atoms with van der Waals surface area (Å²) in [5.74, 6) is -1.84. The molecule has 1 aromatic carbocycles. The van der Waals surface area contributed by atoms with Gasteiger partial charge in [-0.05, 0) is 32.3 Å². The second kappa shape index (κ2) is 6.84. The average molecular weight is 298 g/mol. The first-order valence-electron chi connectivity index (χ1n) is 7.78. The van der Waals surface area contributed by atoms with E-state index in [1.165, 1.54) is 19.1 Å². The summed E-state index contributed by atoms with van der Waals surface area (Å²) >= 11 is 0. The van der Waals surface area contributed by atoms with Crippen LogP contribution in [0.15, 0.2) is 12.1 Å². The van der Waals surface area contributed by atoms with Crippen LogP contribution < -0.4 is 0 Å². The molecule has 1 fully saturated rings. The van der Waals surface area contributed by atoms with E-state index in [1.54, 1.807) is 0 Å². The molecule has 1 aliphatic carbocycles. The Hall–Kier alpha value is -1.00. The van der Waals surface area contributed by atoms with E-state index >= 15 is 0 Å². The minimum Gasteiger partial charge on any atom is -0.385 e. The van der Waals surface area contributed by atoms with Crippen LogP contribution in [0.25, 0.3) is 0 Å². The molecule has 1 atom stereocenters. The molecule has 1 aromatic rings. The Labute approximate surface area is 125 Å². The highest BCUT2D eigenvalue weighted by molar-refractivity contribution is 5.29. The molecule has 0 saturated heterocycles. The van der Waals surface area contributed by atoms with Crippen molar-refractivity contribution in [1.29, 1.82) is 0 Å². The van der Waals surface area contributed by atoms with Crippen molar-refractivity contribution in [2.45, 2.75) is 64.1 Å². The first-order valence-corrected chi connectivity index (χ1v) is 7.78. The van der Waals surface area contributed by atoms with E-state index in [9.17, 15) is 13.9 Å². The number of aryl methyl sites for hydroxylation is 1. The molecule has 2 nitrogen and oxygen atoms in total. The maximum atomic E-state index is 14.2. The number of rotatable bonds is 4. The summed E-state index contributed by atoms with van der Waals surface area (Å²) < 4.78 is 33.8. The van der Waals surface area contributed by atoms with E-state index in [1.807, 2.05) is 6.92 Å². The quantitative estimate of drug-likeness (QED) is 0.833. The van der Waals surface area contributed by atoms with Gasteiger partial charge in [-0.3, -0.25) is 0 Å². The van der Waals surface area contributed by atoms with Gasteiger partial charge in [0.15, 0.2) is 11.6 Å². The van der Waals surface area contributed by atoms with Gasteiger partial charge >= 0.3 is 0 Å². The zero-order chi connectivity index (χ0) is 15.5. The molecule has 1 N–H and O–H groups in total. The van der Waals surface area contributed by atoms with Gasteiger partial charge in [0.2, 0.25) is 0 Å². The Morgan fingerprint density at radius 2 is 1.76 bits per heavy atom. The molecule has 0 aliphatic heterocycles. The second-order valence-corrected chi connectivity index (χ2v) is 5.91. The maximum absolute atomic E-state index is 14.2. The third kappa shape index (κ3) is 3.27. The predicted octanol–water partition coefficient (Wildman–Crippen LogP) is 4.44. The van der Waals surface area contributed by atoms with Crippen molar-refractivity contribution in [3.8, 4) is 0 Å². The zero-order valence-electron chi connectivity index (χ0n) is 12.8. The van der Waals surface area contributed by atoms with Crippen LogP contribution in [0.4, 0.5) is 8.78 Å². The van der Waals surface area contributed by atoms with Crippen LogP contribution in [-0.2, 0) is 4.74 Å². The summed E-state index contributed by atoms with van der Waals surface area (Å²) in [4.78, 5) is 0. The minimum atomic E-state index is -1.13. The number of aliphatic hydroxyl groups excluding tert-OH is 1. The standard InChI is InChI=1S/C17H24F2O2/c1-3-21-17(10-6-4-5-7-11-17)16(20)13-9-8-12(2)14(18)15(13)19/h8-9,16,20H,3-7,10-11H2,1-2H3. The van der Waals surface area contributed by atoms with Gasteiger partial charge < -0.3 is 9.84 Å². The molecule has 0 amide bonds. The molecule has 0 spiro atoms. The van der Waals surface area contributed by atoms with Crippen molar-refractivity contribution in [3.05, 3.63) is 34.9 Å². The monoisotopic (exact) mass is 298 g/mol. The molecule has 0 aromatic heterocycles. The molecular weight excluding hydrogens is 274 g/mol. The zero-order valence-corrected chi connectivity index (χ0v) is 12.8. The highest BCUT2D eigenvalue weighted by Crippen LogP contribution is 2.41. The van der Waals surface area contributed by atoms with Crippen molar-refractivity contribution in [2.75, 3.05) is 6.61 Å². The Morgan fingerprint density at radius 3 is 2.33 bits per heavy atom. The van der Waals surface area contributed by atoms with Gasteiger partial charge in [0.1, 0.15) is 6.10 Å². The summed E-state index contributed by atoms with van der Waals surface area (Å²) in [5, 5.41) is 10.7. The summed E-state index contributed by atoms with van der Waals surface area (Å²) in [6, 6.07) is 2.98. The third-order valence-electron chi connectivity index (χ3n) is 4.48. The lowest BCUT2D eigenvalue weighted by molar-refractivity contribution is -0.132. The van der Waals surface area contributed by atoms with Gasteiger partial charge in [0.25, 0.3) is 0 Å². The molecule has 0 heterocycles. The summed E-state index contributed by atoms with van der Waals surface area (Å²) in [6.45, 7) is 3.83. The Bertz CT molecular complexity index is 480. The summed E-state index contributed by atoms with van der Waals surface area (Å²) in [5.41, 5.74) is -0.545. The van der Waals surface area contributed by atoms with Gasteiger partial charge in [-0.15, -0.1) is 0 Å². The Kier molecular flexibility index (Phi) is 5.33. The molecule has 1 unspecified atom stereocenters. The predicted molar refractivity (Wildman–Crippen MR) is 78.1 cm³/mol. The van der Waals surface area contributed by atoms with Crippen molar-refractivity contribution in [3.63, 3.8) is 0 Å². The van der Waals surface area contributed by atoms with Crippen LogP contribution in [0.3, 0.4) is 0 Å². The molecule has 4 heteroatoms. The van der Waals surface area contributed by atoms with Gasteiger partial charge in [0.05, 0.1) is 5.60 Å². The van der Waals surface area contributed by atoms with E-state index < -0.39 is 23.3 Å². The molecule has 21 heavy (non-hydrogen) atoms. The molecule has 0 bridgehead atoms. The number of halogens is 2. The van der Waals surface area contributed by atoms with Gasteiger partial charge in [-0.1, -0.05) is 37.8 Å². The summed E-state index contributed by atoms with van der Waals surface area (Å²) in [6.07, 6.45) is 4.28. The first kappa shape index (κ1) is 16.4. The molecule has 1 aliphatic rings. The molecule has 0 radical (unpaired) electrons. The van der Waals surface area contributed by atoms with Crippen LogP contribution in [0, 0.1) is 18.6 Å². The third-order valence-corrected chi connectivity index (χ3v) is 4.48. The smallest absolute Gasteiger partial charge is 0.164 e.